The summed E-state index contributed by atoms with van der Waals surface area (Å²) in [6, 6.07) is 10.6. The normalized spacial score (nSPS) is 11.7. The van der Waals surface area contributed by atoms with Crippen molar-refractivity contribution in [1.29, 1.82) is 0 Å². The largest absolute Gasteiger partial charge is 0.508 e. The molecular formula is C20H14FN3O3S. The Hall–Kier alpha value is -3.52. The van der Waals surface area contributed by atoms with E-state index in [1.54, 1.807) is 35.8 Å². The van der Waals surface area contributed by atoms with Gasteiger partial charge in [-0.25, -0.2) is 14.4 Å². The first-order chi connectivity index (χ1) is 13.5. The number of aromatic hydroxyl groups is 1. The van der Waals surface area contributed by atoms with Gasteiger partial charge in [-0.05, 0) is 42.8 Å². The molecule has 4 aromatic rings. The second kappa shape index (κ2) is 7.24. The van der Waals surface area contributed by atoms with Gasteiger partial charge in [0.15, 0.2) is 5.13 Å². The number of phenolic OH excluding ortho intramolecular Hbond substituents is 1. The fourth-order valence-corrected chi connectivity index (χ4v) is 3.14. The number of fused-ring (bicyclic) bond motifs is 1. The van der Waals surface area contributed by atoms with Gasteiger partial charge in [0.25, 0.3) is 5.91 Å². The van der Waals surface area contributed by atoms with Crippen LogP contribution in [0.2, 0.25) is 0 Å². The van der Waals surface area contributed by atoms with Gasteiger partial charge in [-0.1, -0.05) is 6.07 Å². The Morgan fingerprint density at radius 2 is 2.11 bits per heavy atom. The van der Waals surface area contributed by atoms with Crippen LogP contribution >= 0.6 is 11.3 Å². The van der Waals surface area contributed by atoms with Crippen LogP contribution in [0.1, 0.15) is 15.9 Å². The molecule has 0 atom stereocenters. The minimum absolute atomic E-state index is 0.00363. The van der Waals surface area contributed by atoms with Crippen LogP contribution in [-0.4, -0.2) is 16.0 Å². The minimum Gasteiger partial charge on any atom is -0.508 e. The van der Waals surface area contributed by atoms with Gasteiger partial charge in [0.1, 0.15) is 28.4 Å². The molecule has 6 nitrogen and oxygen atoms in total. The first-order valence-electron chi connectivity index (χ1n) is 8.28. The van der Waals surface area contributed by atoms with Gasteiger partial charge in [-0.15, -0.1) is 11.3 Å². The number of amides is 1. The fourth-order valence-electron chi connectivity index (χ4n) is 2.62. The average Bonchev–Trinajstić information content (AvgIpc) is 3.17. The zero-order chi connectivity index (χ0) is 19.7. The lowest BCUT2D eigenvalue weighted by Gasteiger charge is -2.06. The summed E-state index contributed by atoms with van der Waals surface area (Å²) in [6.07, 6.45) is 1.57. The van der Waals surface area contributed by atoms with Crippen molar-refractivity contribution in [2.45, 2.75) is 6.92 Å². The van der Waals surface area contributed by atoms with E-state index in [1.807, 2.05) is 6.92 Å². The number of benzene rings is 2. The summed E-state index contributed by atoms with van der Waals surface area (Å²) in [5, 5.41) is 15.1. The number of nitrogens with zero attached hydrogens (tertiary/aromatic N) is 2. The quantitative estimate of drug-likeness (QED) is 0.534. The molecule has 0 radical (unpaired) electrons. The number of anilines is 1. The molecule has 2 aromatic carbocycles. The fraction of sp³-hybridized carbons (Fsp3) is 0.0500. The SMILES string of the molecule is Cc1ccc(F)c(N=c2oc3cc(O)ccc3cc2C(=O)Nc2nccs2)c1. The monoisotopic (exact) mass is 395 g/mol. The summed E-state index contributed by atoms with van der Waals surface area (Å²) in [5.41, 5.74) is 1.22. The highest BCUT2D eigenvalue weighted by atomic mass is 32.1. The lowest BCUT2D eigenvalue weighted by Crippen LogP contribution is -2.21. The molecule has 0 aliphatic rings. The van der Waals surface area contributed by atoms with E-state index in [0.717, 1.165) is 5.56 Å². The van der Waals surface area contributed by atoms with Crippen LogP contribution in [0.3, 0.4) is 0 Å². The molecule has 2 N–H and O–H groups in total. The highest BCUT2D eigenvalue weighted by Gasteiger charge is 2.15. The summed E-state index contributed by atoms with van der Waals surface area (Å²) >= 11 is 1.27. The number of aryl methyl sites for hydroxylation is 1. The van der Waals surface area contributed by atoms with E-state index in [4.69, 9.17) is 4.42 Å². The number of thiazole rings is 1. The second-order valence-corrected chi connectivity index (χ2v) is 6.94. The van der Waals surface area contributed by atoms with Crippen LogP contribution in [0, 0.1) is 12.7 Å². The molecule has 2 heterocycles. The summed E-state index contributed by atoms with van der Waals surface area (Å²) in [7, 11) is 0. The number of phenols is 1. The van der Waals surface area contributed by atoms with Crippen LogP contribution in [0.5, 0.6) is 5.75 Å². The molecule has 8 heteroatoms. The van der Waals surface area contributed by atoms with E-state index in [1.165, 1.54) is 29.5 Å². The van der Waals surface area contributed by atoms with Crippen molar-refractivity contribution in [3.63, 3.8) is 0 Å². The summed E-state index contributed by atoms with van der Waals surface area (Å²) in [5.74, 6) is -1.02. The highest BCUT2D eigenvalue weighted by molar-refractivity contribution is 7.13. The maximum absolute atomic E-state index is 14.2. The van der Waals surface area contributed by atoms with Gasteiger partial charge in [-0.2, -0.15) is 0 Å². The van der Waals surface area contributed by atoms with E-state index in [-0.39, 0.29) is 22.6 Å². The molecule has 0 aliphatic carbocycles. The summed E-state index contributed by atoms with van der Waals surface area (Å²) in [4.78, 5) is 21.0. The number of hydrogen-bond donors (Lipinski definition) is 2. The third-order valence-corrected chi connectivity index (χ3v) is 4.64. The van der Waals surface area contributed by atoms with Crippen molar-refractivity contribution in [2.75, 3.05) is 5.32 Å². The second-order valence-electron chi connectivity index (χ2n) is 6.05. The van der Waals surface area contributed by atoms with E-state index in [0.29, 0.717) is 16.1 Å². The molecule has 140 valence electrons. The predicted octanol–water partition coefficient (Wildman–Crippen LogP) is 4.53. The van der Waals surface area contributed by atoms with Crippen LogP contribution in [0.4, 0.5) is 15.2 Å². The van der Waals surface area contributed by atoms with Gasteiger partial charge >= 0.3 is 0 Å². The van der Waals surface area contributed by atoms with E-state index < -0.39 is 11.7 Å². The third-order valence-electron chi connectivity index (χ3n) is 3.96. The van der Waals surface area contributed by atoms with Crippen molar-refractivity contribution < 1.29 is 18.7 Å². The Morgan fingerprint density at radius 1 is 1.25 bits per heavy atom. The zero-order valence-electron chi connectivity index (χ0n) is 14.6. The number of aromatic nitrogens is 1. The molecule has 0 bridgehead atoms. The molecular weight excluding hydrogens is 381 g/mol. The highest BCUT2D eigenvalue weighted by Crippen LogP contribution is 2.22. The molecule has 1 amide bonds. The van der Waals surface area contributed by atoms with Crippen molar-refractivity contribution in [2.24, 2.45) is 4.99 Å². The topological polar surface area (TPSA) is 87.7 Å². The first-order valence-corrected chi connectivity index (χ1v) is 9.16. The third kappa shape index (κ3) is 3.63. The predicted molar refractivity (Wildman–Crippen MR) is 104 cm³/mol. The van der Waals surface area contributed by atoms with Crippen molar-refractivity contribution >= 4 is 39.0 Å². The average molecular weight is 395 g/mol. The molecule has 28 heavy (non-hydrogen) atoms. The summed E-state index contributed by atoms with van der Waals surface area (Å²) in [6.45, 7) is 1.81. The molecule has 0 spiro atoms. The van der Waals surface area contributed by atoms with E-state index in [9.17, 15) is 14.3 Å². The smallest absolute Gasteiger partial charge is 0.262 e. The Bertz CT molecular complexity index is 1250. The number of rotatable bonds is 3. The molecule has 0 saturated carbocycles. The Labute approximate surface area is 162 Å². The van der Waals surface area contributed by atoms with Crippen molar-refractivity contribution in [1.82, 2.24) is 4.98 Å². The van der Waals surface area contributed by atoms with Crippen molar-refractivity contribution in [3.05, 3.63) is 76.5 Å². The van der Waals surface area contributed by atoms with Crippen LogP contribution in [0.25, 0.3) is 11.0 Å². The van der Waals surface area contributed by atoms with Crippen LogP contribution < -0.4 is 10.9 Å². The molecule has 0 saturated heterocycles. The van der Waals surface area contributed by atoms with Gasteiger partial charge in [0, 0.05) is 23.0 Å². The van der Waals surface area contributed by atoms with Gasteiger partial charge in [-0.3, -0.25) is 10.1 Å². The first kappa shape index (κ1) is 17.9. The number of nitrogens with one attached hydrogen (secondary N) is 1. The van der Waals surface area contributed by atoms with Gasteiger partial charge in [0.05, 0.1) is 0 Å². The van der Waals surface area contributed by atoms with Crippen LogP contribution in [0.15, 0.2) is 63.5 Å². The molecule has 0 aliphatic heterocycles. The number of carbonyl (C=O) groups excluding carboxylic acids is 1. The lowest BCUT2D eigenvalue weighted by molar-refractivity contribution is 0.102. The van der Waals surface area contributed by atoms with Gasteiger partial charge < -0.3 is 9.52 Å². The van der Waals surface area contributed by atoms with Crippen LogP contribution in [-0.2, 0) is 0 Å². The molecule has 0 unspecified atom stereocenters. The standard InChI is InChI=1S/C20H14FN3O3S/c1-11-2-5-15(21)16(8-11)23-19-14(18(26)24-20-22-6-7-28-20)9-12-3-4-13(25)10-17(12)27-19/h2-10,25H,1H3,(H,22,24,26). The minimum atomic E-state index is -0.539. The molecule has 0 fully saturated rings. The van der Waals surface area contributed by atoms with E-state index in [2.05, 4.69) is 15.3 Å². The summed E-state index contributed by atoms with van der Waals surface area (Å²) < 4.78 is 19.9. The lowest BCUT2D eigenvalue weighted by atomic mass is 10.1. The van der Waals surface area contributed by atoms with Crippen molar-refractivity contribution in [3.8, 4) is 5.75 Å². The maximum atomic E-state index is 14.2. The van der Waals surface area contributed by atoms with E-state index >= 15 is 0 Å². The Balaban J connectivity index is 1.92. The number of halogens is 1. The Kier molecular flexibility index (Phi) is 4.62. The molecule has 2 aromatic heterocycles. The number of hydrogen-bond acceptors (Lipinski definition) is 6. The Morgan fingerprint density at radius 3 is 2.89 bits per heavy atom. The molecule has 4 rings (SSSR count). The van der Waals surface area contributed by atoms with Gasteiger partial charge in [0.2, 0.25) is 5.55 Å². The zero-order valence-corrected chi connectivity index (χ0v) is 15.5. The number of carbonyl (C=O) groups is 1. The maximum Gasteiger partial charge on any atom is 0.262 e.